The van der Waals surface area contributed by atoms with Gasteiger partial charge in [-0.1, -0.05) is 12.2 Å². The van der Waals surface area contributed by atoms with Crippen LogP contribution in [0.15, 0.2) is 23.3 Å². The predicted molar refractivity (Wildman–Crippen MR) is 64.7 cm³/mol. The number of ketones is 1. The van der Waals surface area contributed by atoms with Crippen LogP contribution in [0.25, 0.3) is 0 Å². The lowest BCUT2D eigenvalue weighted by molar-refractivity contribution is -0.169. The molecule has 0 aromatic rings. The molecule has 6 heteroatoms. The number of hydrogen-bond donors (Lipinski definition) is 0. The second-order valence-electron chi connectivity index (χ2n) is 5.06. The van der Waals surface area contributed by atoms with Crippen molar-refractivity contribution in [2.75, 3.05) is 7.11 Å². The molecule has 2 atom stereocenters. The zero-order valence-electron chi connectivity index (χ0n) is 11.0. The van der Waals surface area contributed by atoms with Crippen LogP contribution in [0.5, 0.6) is 0 Å². The predicted octanol–water partition coefficient (Wildman–Crippen LogP) is 2.96. The van der Waals surface area contributed by atoms with E-state index in [1.54, 1.807) is 0 Å². The summed E-state index contributed by atoms with van der Waals surface area (Å²) < 4.78 is 43.0. The summed E-state index contributed by atoms with van der Waals surface area (Å²) in [5, 5.41) is 0. The maximum atomic E-state index is 12.8. The number of carbonyl (C=O) groups is 2. The highest BCUT2D eigenvalue weighted by atomic mass is 19.4. The number of allylic oxidation sites excluding steroid dienone is 4. The molecule has 110 valence electrons. The Morgan fingerprint density at radius 2 is 2.10 bits per heavy atom. The molecule has 0 amide bonds. The quantitative estimate of drug-likeness (QED) is 0.697. The van der Waals surface area contributed by atoms with E-state index in [4.69, 9.17) is 0 Å². The third-order valence-electron chi connectivity index (χ3n) is 3.79. The van der Waals surface area contributed by atoms with Gasteiger partial charge in [0.15, 0.2) is 5.78 Å². The van der Waals surface area contributed by atoms with Crippen LogP contribution in [0, 0.1) is 11.8 Å². The van der Waals surface area contributed by atoms with Gasteiger partial charge in [-0.25, -0.2) is 0 Å². The second-order valence-corrected chi connectivity index (χ2v) is 5.06. The Morgan fingerprint density at radius 3 is 2.70 bits per heavy atom. The van der Waals surface area contributed by atoms with Gasteiger partial charge in [-0.3, -0.25) is 9.59 Å². The SMILES string of the molecule is COC(=O)C1CCCC2=C(C1)C(=O)C(C(F)(F)F)C=C2. The number of hydrogen-bond acceptors (Lipinski definition) is 3. The minimum absolute atomic E-state index is 0.0394. The van der Waals surface area contributed by atoms with Crippen LogP contribution >= 0.6 is 0 Å². The maximum Gasteiger partial charge on any atom is 0.402 e. The van der Waals surface area contributed by atoms with Crippen molar-refractivity contribution in [3.63, 3.8) is 0 Å². The summed E-state index contributed by atoms with van der Waals surface area (Å²) in [5.41, 5.74) is 0.768. The number of esters is 1. The van der Waals surface area contributed by atoms with Gasteiger partial charge in [0.25, 0.3) is 0 Å². The van der Waals surface area contributed by atoms with Crippen molar-refractivity contribution in [1.29, 1.82) is 0 Å². The van der Waals surface area contributed by atoms with E-state index in [-0.39, 0.29) is 12.0 Å². The molecule has 2 unspecified atom stereocenters. The summed E-state index contributed by atoms with van der Waals surface area (Å²) in [5.74, 6) is -4.01. The zero-order chi connectivity index (χ0) is 14.9. The number of Topliss-reactive ketones (excluding diaryl/α,β-unsaturated/α-hetero) is 1. The molecule has 0 saturated heterocycles. The molecule has 0 saturated carbocycles. The highest BCUT2D eigenvalue weighted by molar-refractivity contribution is 6.01. The molecular weight excluding hydrogens is 273 g/mol. The first-order valence-corrected chi connectivity index (χ1v) is 6.43. The van der Waals surface area contributed by atoms with Crippen LogP contribution in [-0.2, 0) is 14.3 Å². The molecule has 0 bridgehead atoms. The van der Waals surface area contributed by atoms with Crippen molar-refractivity contribution in [3.8, 4) is 0 Å². The van der Waals surface area contributed by atoms with Crippen LogP contribution < -0.4 is 0 Å². The average molecular weight is 288 g/mol. The Balaban J connectivity index is 2.28. The molecule has 0 fully saturated rings. The first kappa shape index (κ1) is 14.8. The largest absolute Gasteiger partial charge is 0.469 e. The van der Waals surface area contributed by atoms with Crippen molar-refractivity contribution in [1.82, 2.24) is 0 Å². The molecule has 0 N–H and O–H groups in total. The Hall–Kier alpha value is -1.59. The normalized spacial score (nSPS) is 27.1. The third kappa shape index (κ3) is 2.78. The van der Waals surface area contributed by atoms with Crippen molar-refractivity contribution in [2.24, 2.45) is 11.8 Å². The van der Waals surface area contributed by atoms with Crippen molar-refractivity contribution in [2.45, 2.75) is 31.9 Å². The first-order valence-electron chi connectivity index (χ1n) is 6.43. The van der Waals surface area contributed by atoms with E-state index >= 15 is 0 Å². The lowest BCUT2D eigenvalue weighted by Crippen LogP contribution is -2.33. The van der Waals surface area contributed by atoms with Crippen LogP contribution in [-0.4, -0.2) is 25.0 Å². The highest BCUT2D eigenvalue weighted by Gasteiger charge is 2.46. The van der Waals surface area contributed by atoms with Gasteiger partial charge >= 0.3 is 12.1 Å². The molecule has 0 radical (unpaired) electrons. The monoisotopic (exact) mass is 288 g/mol. The molecule has 2 aliphatic carbocycles. The Kier molecular flexibility index (Phi) is 4.01. The van der Waals surface area contributed by atoms with E-state index in [9.17, 15) is 22.8 Å². The van der Waals surface area contributed by atoms with Gasteiger partial charge in [0.05, 0.1) is 13.0 Å². The van der Waals surface area contributed by atoms with E-state index < -0.39 is 29.8 Å². The Morgan fingerprint density at radius 1 is 1.40 bits per heavy atom. The number of rotatable bonds is 1. The summed E-state index contributed by atoms with van der Waals surface area (Å²) in [7, 11) is 1.24. The molecule has 0 spiro atoms. The minimum atomic E-state index is -4.58. The standard InChI is InChI=1S/C14H15F3O3/c1-20-13(19)9-4-2-3-8-5-6-11(14(15,16)17)12(18)10(8)7-9/h5-6,9,11H,2-4,7H2,1H3. The van der Waals surface area contributed by atoms with Gasteiger partial charge in [-0.05, 0) is 31.3 Å². The van der Waals surface area contributed by atoms with Gasteiger partial charge in [-0.2, -0.15) is 13.2 Å². The lowest BCUT2D eigenvalue weighted by atomic mass is 9.84. The van der Waals surface area contributed by atoms with Crippen LogP contribution in [0.1, 0.15) is 25.7 Å². The van der Waals surface area contributed by atoms with Gasteiger partial charge in [0, 0.05) is 5.57 Å². The summed E-state index contributed by atoms with van der Waals surface area (Å²) >= 11 is 0. The molecule has 0 heterocycles. The second kappa shape index (κ2) is 5.42. The topological polar surface area (TPSA) is 43.4 Å². The number of ether oxygens (including phenoxy) is 1. The lowest BCUT2D eigenvalue weighted by Gasteiger charge is -2.23. The third-order valence-corrected chi connectivity index (χ3v) is 3.79. The molecule has 2 aliphatic rings. The summed E-state index contributed by atoms with van der Waals surface area (Å²) in [4.78, 5) is 23.6. The fraction of sp³-hybridized carbons (Fsp3) is 0.571. The number of carbonyl (C=O) groups excluding carboxylic acids is 2. The molecule has 0 aromatic heterocycles. The van der Waals surface area contributed by atoms with E-state index in [0.717, 1.165) is 6.08 Å². The fourth-order valence-electron chi connectivity index (χ4n) is 2.73. The Labute approximate surface area is 114 Å². The number of methoxy groups -OCH3 is 1. The van der Waals surface area contributed by atoms with E-state index in [1.165, 1.54) is 13.2 Å². The van der Waals surface area contributed by atoms with E-state index in [0.29, 0.717) is 24.8 Å². The Bertz CT molecular complexity index is 488. The van der Waals surface area contributed by atoms with Gasteiger partial charge in [0.1, 0.15) is 5.92 Å². The van der Waals surface area contributed by atoms with E-state index in [1.807, 2.05) is 0 Å². The van der Waals surface area contributed by atoms with Crippen LogP contribution in [0.4, 0.5) is 13.2 Å². The fourth-order valence-corrected chi connectivity index (χ4v) is 2.73. The number of alkyl halides is 3. The van der Waals surface area contributed by atoms with Gasteiger partial charge < -0.3 is 4.74 Å². The smallest absolute Gasteiger partial charge is 0.402 e. The highest BCUT2D eigenvalue weighted by Crippen LogP contribution is 2.39. The van der Waals surface area contributed by atoms with Gasteiger partial charge in [0.2, 0.25) is 0 Å². The molecule has 2 rings (SSSR count). The molecule has 3 nitrogen and oxygen atoms in total. The van der Waals surface area contributed by atoms with Crippen molar-refractivity contribution >= 4 is 11.8 Å². The minimum Gasteiger partial charge on any atom is -0.469 e. The molecule has 0 aromatic carbocycles. The number of halogens is 3. The maximum absolute atomic E-state index is 12.8. The molecule has 20 heavy (non-hydrogen) atoms. The van der Waals surface area contributed by atoms with Gasteiger partial charge in [-0.15, -0.1) is 0 Å². The van der Waals surface area contributed by atoms with E-state index in [2.05, 4.69) is 4.74 Å². The zero-order valence-corrected chi connectivity index (χ0v) is 11.0. The summed E-state index contributed by atoms with van der Waals surface area (Å²) in [6.07, 6.45) is -0.537. The molecular formula is C14H15F3O3. The summed E-state index contributed by atoms with van der Waals surface area (Å²) in [6, 6.07) is 0. The first-order chi connectivity index (χ1) is 9.34. The van der Waals surface area contributed by atoms with Crippen molar-refractivity contribution in [3.05, 3.63) is 23.3 Å². The molecule has 0 aliphatic heterocycles. The van der Waals surface area contributed by atoms with Crippen LogP contribution in [0.2, 0.25) is 0 Å². The van der Waals surface area contributed by atoms with Crippen LogP contribution in [0.3, 0.4) is 0 Å². The van der Waals surface area contributed by atoms with Crippen molar-refractivity contribution < 1.29 is 27.5 Å². The average Bonchev–Trinajstić information content (AvgIpc) is 2.59. The summed E-state index contributed by atoms with van der Waals surface area (Å²) in [6.45, 7) is 0.